The molecule has 0 aromatic carbocycles. The van der Waals surface area contributed by atoms with Crippen LogP contribution in [0, 0.1) is 17.8 Å². The summed E-state index contributed by atoms with van der Waals surface area (Å²) in [5, 5.41) is 3.61. The van der Waals surface area contributed by atoms with Gasteiger partial charge in [0, 0.05) is 6.04 Å². The van der Waals surface area contributed by atoms with Crippen LogP contribution in [0.15, 0.2) is 0 Å². The molecule has 0 amide bonds. The van der Waals surface area contributed by atoms with Gasteiger partial charge in [0.25, 0.3) is 0 Å². The summed E-state index contributed by atoms with van der Waals surface area (Å²) < 4.78 is 0. The van der Waals surface area contributed by atoms with Gasteiger partial charge in [0.2, 0.25) is 0 Å². The third kappa shape index (κ3) is 3.27. The van der Waals surface area contributed by atoms with Gasteiger partial charge in [-0.2, -0.15) is 0 Å². The van der Waals surface area contributed by atoms with E-state index in [2.05, 4.69) is 33.0 Å². The van der Waals surface area contributed by atoms with Crippen molar-refractivity contribution in [2.75, 3.05) is 6.54 Å². The maximum Gasteiger partial charge on any atom is 0.00953 e. The standard InChI is InChI=1S/C13H27N/c1-5-14-13-9-8-12(11(13)4)7-6-10(2)3/h10-14H,5-9H2,1-4H3. The molecule has 0 radical (unpaired) electrons. The predicted molar refractivity (Wildman–Crippen MR) is 63.4 cm³/mol. The highest BCUT2D eigenvalue weighted by molar-refractivity contribution is 4.86. The van der Waals surface area contributed by atoms with Crippen molar-refractivity contribution in [1.29, 1.82) is 0 Å². The van der Waals surface area contributed by atoms with Gasteiger partial charge < -0.3 is 5.32 Å². The van der Waals surface area contributed by atoms with Crippen LogP contribution in [-0.4, -0.2) is 12.6 Å². The largest absolute Gasteiger partial charge is 0.314 e. The Hall–Kier alpha value is -0.0400. The molecule has 1 heteroatoms. The molecule has 0 saturated heterocycles. The summed E-state index contributed by atoms with van der Waals surface area (Å²) in [6.45, 7) is 10.5. The Morgan fingerprint density at radius 1 is 1.29 bits per heavy atom. The molecule has 1 rings (SSSR count). The van der Waals surface area contributed by atoms with E-state index in [1.54, 1.807) is 0 Å². The van der Waals surface area contributed by atoms with E-state index >= 15 is 0 Å². The highest BCUT2D eigenvalue weighted by atomic mass is 14.9. The van der Waals surface area contributed by atoms with E-state index in [1.165, 1.54) is 25.7 Å². The Bertz CT molecular complexity index is 153. The fourth-order valence-corrected chi connectivity index (χ4v) is 2.75. The minimum Gasteiger partial charge on any atom is -0.314 e. The van der Waals surface area contributed by atoms with Crippen LogP contribution in [0.1, 0.15) is 53.4 Å². The van der Waals surface area contributed by atoms with Crippen molar-refractivity contribution in [2.45, 2.75) is 59.4 Å². The lowest BCUT2D eigenvalue weighted by molar-refractivity contribution is 0.321. The molecule has 1 fully saturated rings. The number of hydrogen-bond acceptors (Lipinski definition) is 1. The molecule has 0 heterocycles. The van der Waals surface area contributed by atoms with Gasteiger partial charge in [0.1, 0.15) is 0 Å². The van der Waals surface area contributed by atoms with Crippen molar-refractivity contribution in [3.8, 4) is 0 Å². The van der Waals surface area contributed by atoms with Crippen LogP contribution in [-0.2, 0) is 0 Å². The van der Waals surface area contributed by atoms with E-state index in [4.69, 9.17) is 0 Å². The van der Waals surface area contributed by atoms with Gasteiger partial charge in [-0.3, -0.25) is 0 Å². The van der Waals surface area contributed by atoms with Crippen LogP contribution in [0.2, 0.25) is 0 Å². The second-order valence-corrected chi connectivity index (χ2v) is 5.33. The monoisotopic (exact) mass is 197 g/mol. The molecule has 1 N–H and O–H groups in total. The molecule has 0 aromatic heterocycles. The summed E-state index contributed by atoms with van der Waals surface area (Å²) >= 11 is 0. The molecule has 3 unspecified atom stereocenters. The number of hydrogen-bond donors (Lipinski definition) is 1. The highest BCUT2D eigenvalue weighted by Crippen LogP contribution is 2.35. The minimum absolute atomic E-state index is 0.803. The molecule has 3 atom stereocenters. The van der Waals surface area contributed by atoms with Crippen LogP contribution < -0.4 is 5.32 Å². The number of rotatable bonds is 5. The summed E-state index contributed by atoms with van der Waals surface area (Å²) in [5.41, 5.74) is 0. The average molecular weight is 197 g/mol. The first-order chi connectivity index (χ1) is 6.65. The Morgan fingerprint density at radius 2 is 2.00 bits per heavy atom. The van der Waals surface area contributed by atoms with Crippen LogP contribution in [0.5, 0.6) is 0 Å². The zero-order valence-electron chi connectivity index (χ0n) is 10.3. The molecule has 0 aromatic rings. The second-order valence-electron chi connectivity index (χ2n) is 5.33. The van der Waals surface area contributed by atoms with E-state index in [-0.39, 0.29) is 0 Å². The van der Waals surface area contributed by atoms with Crippen molar-refractivity contribution in [2.24, 2.45) is 17.8 Å². The third-order valence-corrected chi connectivity index (χ3v) is 3.81. The average Bonchev–Trinajstić information content (AvgIpc) is 2.46. The van der Waals surface area contributed by atoms with E-state index in [1.807, 2.05) is 0 Å². The van der Waals surface area contributed by atoms with Gasteiger partial charge in [-0.1, -0.05) is 34.1 Å². The zero-order chi connectivity index (χ0) is 10.6. The lowest BCUT2D eigenvalue weighted by Gasteiger charge is -2.21. The molecular formula is C13H27N. The molecule has 0 spiro atoms. The Kier molecular flexibility index (Phi) is 4.94. The van der Waals surface area contributed by atoms with Crippen molar-refractivity contribution in [3.63, 3.8) is 0 Å². The smallest absolute Gasteiger partial charge is 0.00953 e. The van der Waals surface area contributed by atoms with Gasteiger partial charge >= 0.3 is 0 Å². The van der Waals surface area contributed by atoms with Crippen LogP contribution in [0.4, 0.5) is 0 Å². The molecule has 1 aliphatic carbocycles. The summed E-state index contributed by atoms with van der Waals surface area (Å²) in [6, 6.07) is 0.803. The first-order valence-electron chi connectivity index (χ1n) is 6.38. The van der Waals surface area contributed by atoms with Crippen LogP contribution in [0.3, 0.4) is 0 Å². The Balaban J connectivity index is 2.28. The minimum atomic E-state index is 0.803. The topological polar surface area (TPSA) is 12.0 Å². The normalized spacial score (nSPS) is 32.8. The van der Waals surface area contributed by atoms with E-state index in [9.17, 15) is 0 Å². The van der Waals surface area contributed by atoms with Crippen molar-refractivity contribution < 1.29 is 0 Å². The Morgan fingerprint density at radius 3 is 2.57 bits per heavy atom. The Labute approximate surface area is 89.7 Å². The lowest BCUT2D eigenvalue weighted by atomic mass is 9.89. The third-order valence-electron chi connectivity index (χ3n) is 3.81. The molecular weight excluding hydrogens is 170 g/mol. The maximum absolute atomic E-state index is 3.61. The van der Waals surface area contributed by atoms with Gasteiger partial charge in [0.05, 0.1) is 0 Å². The summed E-state index contributed by atoms with van der Waals surface area (Å²) in [6.07, 6.45) is 5.71. The molecule has 1 aliphatic rings. The SMILES string of the molecule is CCNC1CCC(CCC(C)C)C1C. The first kappa shape index (κ1) is 12.0. The van der Waals surface area contributed by atoms with Crippen LogP contribution in [0.25, 0.3) is 0 Å². The molecule has 1 nitrogen and oxygen atoms in total. The molecule has 14 heavy (non-hydrogen) atoms. The van der Waals surface area contributed by atoms with Gasteiger partial charge in [0.15, 0.2) is 0 Å². The molecule has 84 valence electrons. The second kappa shape index (κ2) is 5.75. The fraction of sp³-hybridized carbons (Fsp3) is 1.00. The van der Waals surface area contributed by atoms with Gasteiger partial charge in [-0.05, 0) is 43.6 Å². The van der Waals surface area contributed by atoms with Crippen molar-refractivity contribution in [3.05, 3.63) is 0 Å². The summed E-state index contributed by atoms with van der Waals surface area (Å²) in [4.78, 5) is 0. The molecule has 0 bridgehead atoms. The van der Waals surface area contributed by atoms with Crippen molar-refractivity contribution in [1.82, 2.24) is 5.32 Å². The van der Waals surface area contributed by atoms with E-state index < -0.39 is 0 Å². The summed E-state index contributed by atoms with van der Waals surface area (Å²) in [7, 11) is 0. The van der Waals surface area contributed by atoms with E-state index in [0.29, 0.717) is 0 Å². The number of nitrogens with one attached hydrogen (secondary N) is 1. The zero-order valence-corrected chi connectivity index (χ0v) is 10.3. The van der Waals surface area contributed by atoms with Gasteiger partial charge in [-0.25, -0.2) is 0 Å². The van der Waals surface area contributed by atoms with Crippen molar-refractivity contribution >= 4 is 0 Å². The maximum atomic E-state index is 3.61. The highest BCUT2D eigenvalue weighted by Gasteiger charge is 2.31. The van der Waals surface area contributed by atoms with E-state index in [0.717, 1.165) is 30.3 Å². The molecule has 0 aliphatic heterocycles. The molecule has 1 saturated carbocycles. The lowest BCUT2D eigenvalue weighted by Crippen LogP contribution is -2.32. The fourth-order valence-electron chi connectivity index (χ4n) is 2.75. The summed E-state index contributed by atoms with van der Waals surface area (Å²) in [5.74, 6) is 2.76. The quantitative estimate of drug-likeness (QED) is 0.712. The first-order valence-corrected chi connectivity index (χ1v) is 6.38. The predicted octanol–water partition coefficient (Wildman–Crippen LogP) is 3.45. The van der Waals surface area contributed by atoms with Gasteiger partial charge in [-0.15, -0.1) is 0 Å². The van der Waals surface area contributed by atoms with Crippen LogP contribution >= 0.6 is 0 Å².